The van der Waals surface area contributed by atoms with Crippen LogP contribution in [-0.2, 0) is 16.1 Å². The molecule has 1 aliphatic heterocycles. The van der Waals surface area contributed by atoms with Crippen LogP contribution in [0.1, 0.15) is 23.5 Å². The monoisotopic (exact) mass is 239 g/mol. The van der Waals surface area contributed by atoms with Gasteiger partial charge in [0.1, 0.15) is 5.54 Å². The van der Waals surface area contributed by atoms with Crippen molar-refractivity contribution >= 4 is 5.97 Å². The van der Waals surface area contributed by atoms with Crippen LogP contribution in [0.25, 0.3) is 0 Å². The smallest absolute Gasteiger partial charge is 0.326 e. The maximum Gasteiger partial charge on any atom is 0.326 e. The lowest BCUT2D eigenvalue weighted by molar-refractivity contribution is -0.144. The molecule has 90 valence electrons. The van der Waals surface area contributed by atoms with E-state index in [-0.39, 0.29) is 11.9 Å². The van der Waals surface area contributed by atoms with Gasteiger partial charge in [0, 0.05) is 12.5 Å². The zero-order chi connectivity index (χ0) is 12.2. The van der Waals surface area contributed by atoms with Gasteiger partial charge in [-0.25, -0.2) is 8.78 Å². The van der Waals surface area contributed by atoms with Gasteiger partial charge in [-0.05, 0) is 29.7 Å². The second-order valence-corrected chi connectivity index (χ2v) is 4.54. The van der Waals surface area contributed by atoms with Crippen molar-refractivity contribution in [2.75, 3.05) is 7.11 Å². The first-order valence-electron chi connectivity index (χ1n) is 5.40. The van der Waals surface area contributed by atoms with Crippen molar-refractivity contribution in [3.8, 4) is 0 Å². The van der Waals surface area contributed by atoms with Crippen LogP contribution in [0, 0.1) is 11.6 Å². The van der Waals surface area contributed by atoms with Crippen LogP contribution in [0.3, 0.4) is 0 Å². The highest BCUT2D eigenvalue weighted by atomic mass is 19.2. The summed E-state index contributed by atoms with van der Waals surface area (Å²) in [6.07, 6.45) is 0.581. The molecule has 1 heterocycles. The Balaban J connectivity index is 2.02. The van der Waals surface area contributed by atoms with Crippen LogP contribution in [0.5, 0.6) is 0 Å². The summed E-state index contributed by atoms with van der Waals surface area (Å²) in [6, 6.07) is 2.39. The summed E-state index contributed by atoms with van der Waals surface area (Å²) in [5.41, 5.74) is 0.713. The van der Waals surface area contributed by atoms with Crippen molar-refractivity contribution in [3.63, 3.8) is 0 Å². The highest BCUT2D eigenvalue weighted by molar-refractivity contribution is 5.87. The number of fused-ring (bicyclic) bond motifs is 3. The lowest BCUT2D eigenvalue weighted by Gasteiger charge is -2.24. The highest BCUT2D eigenvalue weighted by Gasteiger charge is 2.63. The fourth-order valence-electron chi connectivity index (χ4n) is 2.65. The third kappa shape index (κ3) is 1.32. The van der Waals surface area contributed by atoms with Crippen LogP contribution in [0.4, 0.5) is 8.78 Å². The van der Waals surface area contributed by atoms with E-state index in [2.05, 4.69) is 5.32 Å². The molecule has 0 amide bonds. The van der Waals surface area contributed by atoms with Crippen molar-refractivity contribution in [2.24, 2.45) is 0 Å². The van der Waals surface area contributed by atoms with Gasteiger partial charge < -0.3 is 4.74 Å². The third-order valence-electron chi connectivity index (χ3n) is 3.66. The van der Waals surface area contributed by atoms with E-state index in [1.807, 2.05) is 0 Å². The number of hydrogen-bond acceptors (Lipinski definition) is 3. The number of carbonyl (C=O) groups is 1. The quantitative estimate of drug-likeness (QED) is 0.754. The van der Waals surface area contributed by atoms with Gasteiger partial charge in [0.05, 0.1) is 7.11 Å². The van der Waals surface area contributed by atoms with E-state index in [0.717, 1.165) is 0 Å². The van der Waals surface area contributed by atoms with Gasteiger partial charge in [0.25, 0.3) is 0 Å². The van der Waals surface area contributed by atoms with E-state index in [1.54, 1.807) is 0 Å². The Morgan fingerprint density at radius 1 is 1.47 bits per heavy atom. The minimum absolute atomic E-state index is 0.103. The number of nitrogens with one attached hydrogen (secondary N) is 1. The molecule has 0 spiro atoms. The minimum Gasteiger partial charge on any atom is -0.468 e. The molecule has 0 aromatic heterocycles. The molecule has 1 N–H and O–H groups in total. The molecule has 5 heteroatoms. The first-order chi connectivity index (χ1) is 8.08. The van der Waals surface area contributed by atoms with E-state index in [0.29, 0.717) is 24.1 Å². The number of benzene rings is 1. The maximum absolute atomic E-state index is 13.2. The van der Waals surface area contributed by atoms with E-state index in [9.17, 15) is 13.6 Å². The maximum atomic E-state index is 13.2. The topological polar surface area (TPSA) is 38.3 Å². The van der Waals surface area contributed by atoms with Gasteiger partial charge in [0.15, 0.2) is 11.6 Å². The van der Waals surface area contributed by atoms with Crippen LogP contribution in [-0.4, -0.2) is 18.6 Å². The minimum atomic E-state index is -0.865. The Morgan fingerprint density at radius 2 is 2.18 bits per heavy atom. The lowest BCUT2D eigenvalue weighted by Crippen LogP contribution is -2.43. The molecule has 3 rings (SSSR count). The van der Waals surface area contributed by atoms with Gasteiger partial charge in [-0.1, -0.05) is 0 Å². The summed E-state index contributed by atoms with van der Waals surface area (Å²) in [4.78, 5) is 11.6. The van der Waals surface area contributed by atoms with Gasteiger partial charge in [-0.2, -0.15) is 0 Å². The molecule has 1 saturated carbocycles. The molecule has 3 nitrogen and oxygen atoms in total. The number of ether oxygens (including phenoxy) is 1. The first kappa shape index (κ1) is 10.7. The zero-order valence-corrected chi connectivity index (χ0v) is 9.22. The second-order valence-electron chi connectivity index (χ2n) is 4.54. The number of rotatable bonds is 1. The van der Waals surface area contributed by atoms with E-state index >= 15 is 0 Å². The summed E-state index contributed by atoms with van der Waals surface area (Å²) < 4.78 is 31.0. The van der Waals surface area contributed by atoms with E-state index in [4.69, 9.17) is 4.74 Å². The number of esters is 1. The van der Waals surface area contributed by atoms with Crippen molar-refractivity contribution in [1.29, 1.82) is 0 Å². The van der Waals surface area contributed by atoms with Crippen LogP contribution in [0.2, 0.25) is 0 Å². The molecule has 1 aromatic carbocycles. The molecule has 0 radical (unpaired) electrons. The Morgan fingerprint density at radius 3 is 2.88 bits per heavy atom. The normalized spacial score (nSPS) is 29.2. The average molecular weight is 239 g/mol. The van der Waals surface area contributed by atoms with E-state index < -0.39 is 17.2 Å². The van der Waals surface area contributed by atoms with Crippen LogP contribution >= 0.6 is 0 Å². The van der Waals surface area contributed by atoms with Crippen molar-refractivity contribution < 1.29 is 18.3 Å². The molecule has 2 aliphatic rings. The van der Waals surface area contributed by atoms with E-state index in [1.165, 1.54) is 19.2 Å². The fourth-order valence-corrected chi connectivity index (χ4v) is 2.65. The second kappa shape index (κ2) is 3.26. The summed E-state index contributed by atoms with van der Waals surface area (Å²) >= 11 is 0. The summed E-state index contributed by atoms with van der Waals surface area (Å²) in [7, 11) is 1.33. The van der Waals surface area contributed by atoms with Crippen LogP contribution in [0.15, 0.2) is 12.1 Å². The molecule has 0 unspecified atom stereocenters. The molecule has 0 saturated heterocycles. The molecule has 1 aromatic rings. The third-order valence-corrected chi connectivity index (χ3v) is 3.66. The predicted octanol–water partition coefficient (Wildman–Crippen LogP) is 1.47. The van der Waals surface area contributed by atoms with Crippen molar-refractivity contribution in [1.82, 2.24) is 5.32 Å². The van der Waals surface area contributed by atoms with Crippen molar-refractivity contribution in [3.05, 3.63) is 34.9 Å². The molecular formula is C12H11F2NO2. The molecule has 1 aliphatic carbocycles. The number of carbonyl (C=O) groups excluding carboxylic acids is 1. The van der Waals surface area contributed by atoms with Gasteiger partial charge in [-0.15, -0.1) is 0 Å². The van der Waals surface area contributed by atoms with Crippen LogP contribution < -0.4 is 5.32 Å². The molecular weight excluding hydrogens is 228 g/mol. The Labute approximate surface area is 96.8 Å². The molecule has 0 bridgehead atoms. The van der Waals surface area contributed by atoms with Gasteiger partial charge in [-0.3, -0.25) is 10.1 Å². The fraction of sp³-hybridized carbons (Fsp3) is 0.417. The Bertz CT molecular complexity index is 517. The van der Waals surface area contributed by atoms with Gasteiger partial charge >= 0.3 is 5.97 Å². The Kier molecular flexibility index (Phi) is 2.04. The SMILES string of the molecule is COC(=O)[C@@]12C[C@@H]1c1cc(F)c(F)cc1CN2. The zero-order valence-electron chi connectivity index (χ0n) is 9.22. The summed E-state index contributed by atoms with van der Waals surface area (Å²) in [5.74, 6) is -2.15. The standard InChI is InChI=1S/C12H11F2NO2/c1-17-11(16)12-4-8(12)7-3-10(14)9(13)2-6(7)5-15-12/h2-3,8,15H,4-5H2,1H3/t8-,12-/m1/s1. The number of halogens is 2. The first-order valence-corrected chi connectivity index (χ1v) is 5.40. The summed E-state index contributed by atoms with van der Waals surface area (Å²) in [5, 5.41) is 3.06. The largest absolute Gasteiger partial charge is 0.468 e. The molecule has 1 fully saturated rings. The predicted molar refractivity (Wildman–Crippen MR) is 55.3 cm³/mol. The Hall–Kier alpha value is -1.49. The number of hydrogen-bond donors (Lipinski definition) is 1. The molecule has 2 atom stereocenters. The highest BCUT2D eigenvalue weighted by Crippen LogP contribution is 2.55. The molecule has 17 heavy (non-hydrogen) atoms. The van der Waals surface area contributed by atoms with Gasteiger partial charge in [0.2, 0.25) is 0 Å². The lowest BCUT2D eigenvalue weighted by atomic mass is 9.95. The number of methoxy groups -OCH3 is 1. The summed E-state index contributed by atoms with van der Waals surface area (Å²) in [6.45, 7) is 0.359. The average Bonchev–Trinajstić information content (AvgIpc) is 3.06. The van der Waals surface area contributed by atoms with Crippen molar-refractivity contribution in [2.45, 2.75) is 24.4 Å².